The fourth-order valence-corrected chi connectivity index (χ4v) is 5.16. The Morgan fingerprint density at radius 2 is 1.82 bits per heavy atom. The summed E-state index contributed by atoms with van der Waals surface area (Å²) in [7, 11) is -2.24. The highest BCUT2D eigenvalue weighted by atomic mass is 32.2. The summed E-state index contributed by atoms with van der Waals surface area (Å²) in [5, 5.41) is 0. The quantitative estimate of drug-likeness (QED) is 0.515. The van der Waals surface area contributed by atoms with E-state index in [-0.39, 0.29) is 36.1 Å². The van der Waals surface area contributed by atoms with Crippen molar-refractivity contribution in [3.8, 4) is 5.75 Å². The highest BCUT2D eigenvalue weighted by molar-refractivity contribution is 7.89. The second-order valence-corrected chi connectivity index (χ2v) is 9.50. The molecule has 0 N–H and O–H groups in total. The molecule has 1 amide bonds. The van der Waals surface area contributed by atoms with E-state index < -0.39 is 27.7 Å². The van der Waals surface area contributed by atoms with Gasteiger partial charge in [0.05, 0.1) is 17.9 Å². The van der Waals surface area contributed by atoms with E-state index in [1.54, 1.807) is 32.0 Å². The minimum absolute atomic E-state index is 0.0185. The second kappa shape index (κ2) is 10.3. The van der Waals surface area contributed by atoms with Gasteiger partial charge >= 0.3 is 5.97 Å². The summed E-state index contributed by atoms with van der Waals surface area (Å²) in [6.45, 7) is 4.25. The number of nitrogens with zero attached hydrogens (tertiary/aromatic N) is 2. The molecule has 0 unspecified atom stereocenters. The van der Waals surface area contributed by atoms with E-state index in [1.165, 1.54) is 40.6 Å². The Morgan fingerprint density at radius 1 is 1.15 bits per heavy atom. The van der Waals surface area contributed by atoms with Crippen LogP contribution in [-0.2, 0) is 31.0 Å². The molecule has 2 aromatic carbocycles. The summed E-state index contributed by atoms with van der Waals surface area (Å²) in [6.07, 6.45) is -0.0185. The zero-order valence-corrected chi connectivity index (χ0v) is 19.6. The molecule has 0 radical (unpaired) electrons. The van der Waals surface area contributed by atoms with Crippen LogP contribution in [0, 0.1) is 11.7 Å². The fourth-order valence-electron chi connectivity index (χ4n) is 3.70. The number of benzene rings is 2. The topological polar surface area (TPSA) is 93.2 Å². The number of halogens is 1. The van der Waals surface area contributed by atoms with Gasteiger partial charge in [-0.3, -0.25) is 9.59 Å². The maximum absolute atomic E-state index is 13.8. The number of rotatable bonds is 9. The Hall–Kier alpha value is -2.98. The standard InChI is InChI=1S/C23H27FN2O6S/c1-4-25(5-2)33(29,30)19-9-7-18(8-10-19)26-14-17(13-22(26)27)23(28)32-15-16-6-11-21(31-3)20(24)12-16/h6-12,17H,4-5,13-15H2,1-3H3/t17-/m1/s1. The predicted molar refractivity (Wildman–Crippen MR) is 120 cm³/mol. The summed E-state index contributed by atoms with van der Waals surface area (Å²) >= 11 is 0. The van der Waals surface area contributed by atoms with Gasteiger partial charge in [-0.2, -0.15) is 4.31 Å². The first-order valence-corrected chi connectivity index (χ1v) is 12.0. The van der Waals surface area contributed by atoms with E-state index >= 15 is 0 Å². The molecule has 1 saturated heterocycles. The van der Waals surface area contributed by atoms with E-state index in [4.69, 9.17) is 9.47 Å². The molecule has 0 saturated carbocycles. The largest absolute Gasteiger partial charge is 0.494 e. The molecule has 0 aromatic heterocycles. The number of esters is 1. The normalized spacial score (nSPS) is 16.3. The van der Waals surface area contributed by atoms with Gasteiger partial charge in [-0.15, -0.1) is 0 Å². The fraction of sp³-hybridized carbons (Fsp3) is 0.391. The van der Waals surface area contributed by atoms with Crippen molar-refractivity contribution in [1.29, 1.82) is 0 Å². The molecule has 8 nitrogen and oxygen atoms in total. The molecule has 1 aliphatic rings. The molecule has 1 aliphatic heterocycles. The van der Waals surface area contributed by atoms with Gasteiger partial charge in [-0.25, -0.2) is 12.8 Å². The van der Waals surface area contributed by atoms with Crippen LogP contribution in [0.3, 0.4) is 0 Å². The lowest BCUT2D eigenvalue weighted by Crippen LogP contribution is -2.30. The van der Waals surface area contributed by atoms with E-state index in [1.807, 2.05) is 0 Å². The maximum atomic E-state index is 13.8. The molecule has 178 valence electrons. The number of carbonyl (C=O) groups is 2. The number of ether oxygens (including phenoxy) is 2. The highest BCUT2D eigenvalue weighted by Gasteiger charge is 2.36. The first kappa shape index (κ1) is 24.7. The van der Waals surface area contributed by atoms with Gasteiger partial charge in [-0.1, -0.05) is 19.9 Å². The molecular weight excluding hydrogens is 451 g/mol. The molecule has 1 atom stereocenters. The van der Waals surface area contributed by atoms with Crippen LogP contribution in [0.15, 0.2) is 47.4 Å². The van der Waals surface area contributed by atoms with Crippen LogP contribution >= 0.6 is 0 Å². The van der Waals surface area contributed by atoms with Gasteiger partial charge in [0.1, 0.15) is 6.61 Å². The lowest BCUT2D eigenvalue weighted by Gasteiger charge is -2.20. The third-order valence-electron chi connectivity index (χ3n) is 5.55. The number of amides is 1. The van der Waals surface area contributed by atoms with Crippen molar-refractivity contribution in [3.05, 3.63) is 53.8 Å². The Kier molecular flexibility index (Phi) is 7.70. The van der Waals surface area contributed by atoms with Crippen LogP contribution in [0.1, 0.15) is 25.8 Å². The van der Waals surface area contributed by atoms with Crippen molar-refractivity contribution in [2.24, 2.45) is 5.92 Å². The molecule has 3 rings (SSSR count). The Labute approximate surface area is 192 Å². The minimum atomic E-state index is -3.60. The van der Waals surface area contributed by atoms with Crippen molar-refractivity contribution in [1.82, 2.24) is 4.31 Å². The summed E-state index contributed by atoms with van der Waals surface area (Å²) in [6, 6.07) is 10.3. The Balaban J connectivity index is 1.64. The third-order valence-corrected chi connectivity index (χ3v) is 7.61. The summed E-state index contributed by atoms with van der Waals surface area (Å²) < 4.78 is 50.5. The van der Waals surface area contributed by atoms with Gasteiger partial charge in [0.25, 0.3) is 0 Å². The number of sulfonamides is 1. The molecule has 0 spiro atoms. The van der Waals surface area contributed by atoms with E-state index in [2.05, 4.69) is 0 Å². The van der Waals surface area contributed by atoms with E-state index in [0.717, 1.165) is 0 Å². The average molecular weight is 479 g/mol. The number of carbonyl (C=O) groups excluding carboxylic acids is 2. The van der Waals surface area contributed by atoms with Crippen LogP contribution < -0.4 is 9.64 Å². The van der Waals surface area contributed by atoms with Gasteiger partial charge in [0.2, 0.25) is 15.9 Å². The SMILES string of the molecule is CCN(CC)S(=O)(=O)c1ccc(N2C[C@H](C(=O)OCc3ccc(OC)c(F)c3)CC2=O)cc1. The second-order valence-electron chi connectivity index (χ2n) is 7.57. The average Bonchev–Trinajstić information content (AvgIpc) is 3.20. The van der Waals surface area contributed by atoms with E-state index in [9.17, 15) is 22.4 Å². The van der Waals surface area contributed by atoms with E-state index in [0.29, 0.717) is 24.3 Å². The molecule has 0 bridgehead atoms. The van der Waals surface area contributed by atoms with Gasteiger partial charge in [0, 0.05) is 31.7 Å². The molecule has 1 heterocycles. The Morgan fingerprint density at radius 3 is 2.39 bits per heavy atom. The lowest BCUT2D eigenvalue weighted by molar-refractivity contribution is -0.149. The summed E-state index contributed by atoms with van der Waals surface area (Å²) in [5.74, 6) is -1.94. The van der Waals surface area contributed by atoms with Crippen LogP contribution in [0.5, 0.6) is 5.75 Å². The number of anilines is 1. The van der Waals surface area contributed by atoms with Crippen molar-refractivity contribution < 1.29 is 31.9 Å². The van der Waals surface area contributed by atoms with Crippen molar-refractivity contribution in [3.63, 3.8) is 0 Å². The first-order chi connectivity index (χ1) is 15.7. The van der Waals surface area contributed by atoms with Crippen LogP contribution in [-0.4, -0.2) is 51.3 Å². The number of methoxy groups -OCH3 is 1. The summed E-state index contributed by atoms with van der Waals surface area (Å²) in [5.41, 5.74) is 0.971. The van der Waals surface area contributed by atoms with Crippen LogP contribution in [0.25, 0.3) is 0 Å². The number of hydrogen-bond donors (Lipinski definition) is 0. The zero-order chi connectivity index (χ0) is 24.2. The van der Waals surface area contributed by atoms with Crippen molar-refractivity contribution >= 4 is 27.6 Å². The maximum Gasteiger partial charge on any atom is 0.311 e. The smallest absolute Gasteiger partial charge is 0.311 e. The third kappa shape index (κ3) is 5.33. The number of hydrogen-bond acceptors (Lipinski definition) is 6. The molecule has 10 heteroatoms. The summed E-state index contributed by atoms with van der Waals surface area (Å²) in [4.78, 5) is 26.5. The first-order valence-electron chi connectivity index (χ1n) is 10.6. The van der Waals surface area contributed by atoms with Crippen molar-refractivity contribution in [2.75, 3.05) is 31.6 Å². The molecule has 2 aromatic rings. The molecule has 0 aliphatic carbocycles. The Bertz CT molecular complexity index is 1120. The lowest BCUT2D eigenvalue weighted by atomic mass is 10.1. The minimum Gasteiger partial charge on any atom is -0.494 e. The van der Waals surface area contributed by atoms with Gasteiger partial charge in [0.15, 0.2) is 11.6 Å². The predicted octanol–water partition coefficient (Wildman–Crippen LogP) is 2.96. The van der Waals surface area contributed by atoms with Gasteiger partial charge in [-0.05, 0) is 42.0 Å². The van der Waals surface area contributed by atoms with Crippen LogP contribution in [0.2, 0.25) is 0 Å². The van der Waals surface area contributed by atoms with Crippen molar-refractivity contribution in [2.45, 2.75) is 31.8 Å². The molecule has 33 heavy (non-hydrogen) atoms. The van der Waals surface area contributed by atoms with Gasteiger partial charge < -0.3 is 14.4 Å². The molecule has 1 fully saturated rings. The molecular formula is C23H27FN2O6S. The highest BCUT2D eigenvalue weighted by Crippen LogP contribution is 2.28. The van der Waals surface area contributed by atoms with Crippen LogP contribution in [0.4, 0.5) is 10.1 Å². The zero-order valence-electron chi connectivity index (χ0n) is 18.8. The monoisotopic (exact) mass is 478 g/mol.